The highest BCUT2D eigenvalue weighted by atomic mass is 35.5. The maximum absolute atomic E-state index is 11.9. The molecule has 0 radical (unpaired) electrons. The highest BCUT2D eigenvalue weighted by Gasteiger charge is 2.25. The molecule has 1 aliphatic heterocycles. The summed E-state index contributed by atoms with van der Waals surface area (Å²) in [6.07, 6.45) is 5.28. The number of carbonyl (C=O) groups is 1. The number of alkyl halides is 1. The molecule has 0 aliphatic carbocycles. The van der Waals surface area contributed by atoms with Gasteiger partial charge in [-0.2, -0.15) is 0 Å². The molecule has 1 aromatic heterocycles. The van der Waals surface area contributed by atoms with Gasteiger partial charge in [-0.3, -0.25) is 9.63 Å². The van der Waals surface area contributed by atoms with Crippen molar-refractivity contribution in [3.05, 3.63) is 29.6 Å². The molecule has 0 fully saturated rings. The Morgan fingerprint density at radius 3 is 3.18 bits per heavy atom. The van der Waals surface area contributed by atoms with E-state index in [0.717, 1.165) is 30.5 Å². The summed E-state index contributed by atoms with van der Waals surface area (Å²) >= 11 is 5.58. The van der Waals surface area contributed by atoms with Gasteiger partial charge in [0.1, 0.15) is 5.56 Å². The Morgan fingerprint density at radius 1 is 1.59 bits per heavy atom. The molecule has 0 atom stereocenters. The van der Waals surface area contributed by atoms with Crippen LogP contribution in [0.4, 0.5) is 0 Å². The van der Waals surface area contributed by atoms with Gasteiger partial charge in [-0.25, -0.2) is 0 Å². The van der Waals surface area contributed by atoms with E-state index in [1.807, 2.05) is 19.3 Å². The maximum atomic E-state index is 11.9. The van der Waals surface area contributed by atoms with E-state index in [0.29, 0.717) is 12.5 Å². The summed E-state index contributed by atoms with van der Waals surface area (Å²) in [4.78, 5) is 19.1. The number of rotatable bonds is 4. The molecule has 0 spiro atoms. The molecular weight excluding hydrogens is 240 g/mol. The average molecular weight is 256 g/mol. The first-order valence-electron chi connectivity index (χ1n) is 5.71. The van der Waals surface area contributed by atoms with Crippen LogP contribution in [-0.4, -0.2) is 36.9 Å². The monoisotopic (exact) mass is 255 g/mol. The standard InChI is InChI=1S/C12H16ClN2O2/c1-14-6-3-10-4-7-15(17-8-2-5-13)9-11(10)12(14)16/h4,7,9H,2-3,5-6,8H2,1H3/q+1. The molecule has 0 aromatic carbocycles. The summed E-state index contributed by atoms with van der Waals surface area (Å²) in [5.41, 5.74) is 1.82. The van der Waals surface area contributed by atoms with Gasteiger partial charge in [0.25, 0.3) is 5.91 Å². The second-order valence-electron chi connectivity index (χ2n) is 4.10. The normalized spacial score (nSPS) is 14.7. The van der Waals surface area contributed by atoms with Gasteiger partial charge in [0.15, 0.2) is 6.61 Å². The minimum atomic E-state index is 0.0570. The summed E-state index contributed by atoms with van der Waals surface area (Å²) in [5.74, 6) is 0.634. The Balaban J connectivity index is 2.15. The number of fused-ring (bicyclic) bond motifs is 1. The zero-order chi connectivity index (χ0) is 12.3. The highest BCUT2D eigenvalue weighted by Crippen LogP contribution is 2.15. The van der Waals surface area contributed by atoms with Gasteiger partial charge in [0.05, 0.1) is 0 Å². The van der Waals surface area contributed by atoms with E-state index in [4.69, 9.17) is 16.4 Å². The molecule has 1 amide bonds. The SMILES string of the molecule is CN1CCc2cc[n+](OCCCCl)cc2C1=O. The van der Waals surface area contributed by atoms with Crippen LogP contribution in [-0.2, 0) is 6.42 Å². The fraction of sp³-hybridized carbons (Fsp3) is 0.500. The fourth-order valence-corrected chi connectivity index (χ4v) is 1.93. The summed E-state index contributed by atoms with van der Waals surface area (Å²) in [5, 5.41) is 0. The number of nitrogens with zero attached hydrogens (tertiary/aromatic N) is 2. The second kappa shape index (κ2) is 5.36. The van der Waals surface area contributed by atoms with Crippen LogP contribution in [0, 0.1) is 0 Å². The van der Waals surface area contributed by atoms with Crippen molar-refractivity contribution in [3.8, 4) is 0 Å². The zero-order valence-corrected chi connectivity index (χ0v) is 10.6. The molecular formula is C12H16ClN2O2+. The van der Waals surface area contributed by atoms with E-state index in [1.54, 1.807) is 15.8 Å². The Labute approximate surface area is 106 Å². The third kappa shape index (κ3) is 2.69. The van der Waals surface area contributed by atoms with Crippen LogP contribution in [0.3, 0.4) is 0 Å². The number of hydrogen-bond donors (Lipinski definition) is 0. The van der Waals surface area contributed by atoms with Gasteiger partial charge in [-0.15, -0.1) is 11.6 Å². The number of likely N-dealkylation sites (N-methyl/N-ethyl adjacent to an activating group) is 1. The van der Waals surface area contributed by atoms with E-state index >= 15 is 0 Å². The van der Waals surface area contributed by atoms with Crippen molar-refractivity contribution in [2.75, 3.05) is 26.1 Å². The van der Waals surface area contributed by atoms with Crippen molar-refractivity contribution in [3.63, 3.8) is 0 Å². The molecule has 0 saturated heterocycles. The Bertz CT molecular complexity index is 423. The van der Waals surface area contributed by atoms with Crippen molar-refractivity contribution >= 4 is 17.5 Å². The molecule has 1 aliphatic rings. The molecule has 0 saturated carbocycles. The van der Waals surface area contributed by atoms with Crippen LogP contribution in [0.1, 0.15) is 22.3 Å². The third-order valence-corrected chi connectivity index (χ3v) is 3.10. The Kier molecular flexibility index (Phi) is 3.84. The quantitative estimate of drug-likeness (QED) is 0.450. The lowest BCUT2D eigenvalue weighted by atomic mass is 10.0. The largest absolute Gasteiger partial charge is 0.341 e. The number of halogens is 1. The predicted molar refractivity (Wildman–Crippen MR) is 64.1 cm³/mol. The predicted octanol–water partition coefficient (Wildman–Crippen LogP) is 0.660. The van der Waals surface area contributed by atoms with Crippen molar-refractivity contribution in [1.29, 1.82) is 0 Å². The molecule has 4 nitrogen and oxygen atoms in total. The Morgan fingerprint density at radius 2 is 2.41 bits per heavy atom. The minimum absolute atomic E-state index is 0.0570. The lowest BCUT2D eigenvalue weighted by Crippen LogP contribution is -2.45. The van der Waals surface area contributed by atoms with Crippen LogP contribution in [0.15, 0.2) is 18.5 Å². The molecule has 2 heterocycles. The van der Waals surface area contributed by atoms with Crippen LogP contribution < -0.4 is 9.57 Å². The zero-order valence-electron chi connectivity index (χ0n) is 9.86. The van der Waals surface area contributed by atoms with E-state index in [9.17, 15) is 4.79 Å². The van der Waals surface area contributed by atoms with E-state index in [1.165, 1.54) is 0 Å². The summed E-state index contributed by atoms with van der Waals surface area (Å²) in [6, 6.07) is 1.95. The molecule has 92 valence electrons. The summed E-state index contributed by atoms with van der Waals surface area (Å²) < 4.78 is 1.59. The summed E-state index contributed by atoms with van der Waals surface area (Å²) in [6.45, 7) is 1.33. The number of aromatic nitrogens is 1. The lowest BCUT2D eigenvalue weighted by Gasteiger charge is -2.22. The van der Waals surface area contributed by atoms with Crippen LogP contribution >= 0.6 is 11.6 Å². The molecule has 0 unspecified atom stereocenters. The molecule has 5 heteroatoms. The molecule has 2 rings (SSSR count). The molecule has 1 aromatic rings. The van der Waals surface area contributed by atoms with Crippen LogP contribution in [0.25, 0.3) is 0 Å². The number of hydrogen-bond acceptors (Lipinski definition) is 2. The van der Waals surface area contributed by atoms with E-state index in [-0.39, 0.29) is 5.91 Å². The molecule has 0 N–H and O–H groups in total. The molecule has 0 bridgehead atoms. The first-order valence-corrected chi connectivity index (χ1v) is 6.24. The minimum Gasteiger partial charge on any atom is -0.341 e. The van der Waals surface area contributed by atoms with Crippen LogP contribution in [0.5, 0.6) is 0 Å². The van der Waals surface area contributed by atoms with Gasteiger partial charge in [0, 0.05) is 36.7 Å². The smallest absolute Gasteiger partial charge is 0.260 e. The summed E-state index contributed by atoms with van der Waals surface area (Å²) in [7, 11) is 1.82. The number of amides is 1. The van der Waals surface area contributed by atoms with Crippen molar-refractivity contribution in [2.45, 2.75) is 12.8 Å². The number of carbonyl (C=O) groups excluding carboxylic acids is 1. The molecule has 17 heavy (non-hydrogen) atoms. The maximum Gasteiger partial charge on any atom is 0.260 e. The third-order valence-electron chi connectivity index (χ3n) is 2.84. The first kappa shape index (κ1) is 12.2. The fourth-order valence-electron chi connectivity index (χ4n) is 1.82. The van der Waals surface area contributed by atoms with E-state index in [2.05, 4.69) is 0 Å². The van der Waals surface area contributed by atoms with Gasteiger partial charge >= 0.3 is 0 Å². The second-order valence-corrected chi connectivity index (χ2v) is 4.47. The van der Waals surface area contributed by atoms with Crippen molar-refractivity contribution in [1.82, 2.24) is 4.90 Å². The van der Waals surface area contributed by atoms with Crippen LogP contribution in [0.2, 0.25) is 0 Å². The number of pyridine rings is 1. The lowest BCUT2D eigenvalue weighted by molar-refractivity contribution is -0.891. The van der Waals surface area contributed by atoms with Gasteiger partial charge in [-0.1, -0.05) is 0 Å². The highest BCUT2D eigenvalue weighted by molar-refractivity contribution is 6.17. The average Bonchev–Trinajstić information content (AvgIpc) is 2.35. The van der Waals surface area contributed by atoms with Gasteiger partial charge < -0.3 is 4.90 Å². The van der Waals surface area contributed by atoms with Gasteiger partial charge in [-0.05, 0) is 12.0 Å². The van der Waals surface area contributed by atoms with Gasteiger partial charge in [0.2, 0.25) is 12.4 Å². The Hall–Kier alpha value is -1.29. The van der Waals surface area contributed by atoms with Crippen molar-refractivity contribution < 1.29 is 14.4 Å². The van der Waals surface area contributed by atoms with E-state index < -0.39 is 0 Å². The topological polar surface area (TPSA) is 33.4 Å². The first-order chi connectivity index (χ1) is 8.22. The van der Waals surface area contributed by atoms with Crippen molar-refractivity contribution in [2.24, 2.45) is 0 Å².